The summed E-state index contributed by atoms with van der Waals surface area (Å²) in [6.07, 6.45) is 1.10. The number of benzene rings is 1. The molecule has 2 nitrogen and oxygen atoms in total. The molecule has 1 fully saturated rings. The SMILES string of the molecule is CC1CC1c1nc2cc(F)c(F)cc2[nH]1. The molecular weight excluding hydrogens is 198 g/mol. The van der Waals surface area contributed by atoms with Crippen LogP contribution in [-0.4, -0.2) is 9.97 Å². The predicted octanol–water partition coefficient (Wildman–Crippen LogP) is 2.96. The monoisotopic (exact) mass is 208 g/mol. The number of rotatable bonds is 1. The first-order valence-electron chi connectivity index (χ1n) is 5.00. The molecule has 0 bridgehead atoms. The molecule has 0 spiro atoms. The molecule has 1 aliphatic carbocycles. The van der Waals surface area contributed by atoms with Crippen molar-refractivity contribution in [2.24, 2.45) is 5.92 Å². The number of aromatic nitrogens is 2. The number of halogens is 2. The Morgan fingerprint density at radius 2 is 2.00 bits per heavy atom. The molecule has 78 valence electrons. The number of hydrogen-bond acceptors (Lipinski definition) is 1. The predicted molar refractivity (Wildman–Crippen MR) is 52.5 cm³/mol. The fourth-order valence-electron chi connectivity index (χ4n) is 1.90. The normalized spacial score (nSPS) is 24.7. The first-order valence-corrected chi connectivity index (χ1v) is 5.00. The molecule has 1 aromatic heterocycles. The van der Waals surface area contributed by atoms with E-state index in [9.17, 15) is 8.78 Å². The van der Waals surface area contributed by atoms with E-state index >= 15 is 0 Å². The Kier molecular flexibility index (Phi) is 1.63. The number of imidazole rings is 1. The fourth-order valence-corrected chi connectivity index (χ4v) is 1.90. The average molecular weight is 208 g/mol. The van der Waals surface area contributed by atoms with Crippen molar-refractivity contribution in [3.63, 3.8) is 0 Å². The minimum Gasteiger partial charge on any atom is -0.342 e. The number of fused-ring (bicyclic) bond motifs is 1. The Morgan fingerprint density at radius 1 is 1.33 bits per heavy atom. The first-order chi connectivity index (χ1) is 7.15. The van der Waals surface area contributed by atoms with Gasteiger partial charge in [0.1, 0.15) is 5.82 Å². The summed E-state index contributed by atoms with van der Waals surface area (Å²) in [5.74, 6) is 0.234. The molecule has 0 saturated heterocycles. The second-order valence-corrected chi connectivity index (χ2v) is 4.22. The Bertz CT molecular complexity index is 494. The largest absolute Gasteiger partial charge is 0.342 e. The van der Waals surface area contributed by atoms with Crippen LogP contribution in [0, 0.1) is 17.6 Å². The van der Waals surface area contributed by atoms with Crippen molar-refractivity contribution < 1.29 is 8.78 Å². The molecule has 4 heteroatoms. The summed E-state index contributed by atoms with van der Waals surface area (Å²) in [5, 5.41) is 0. The summed E-state index contributed by atoms with van der Waals surface area (Å²) in [6.45, 7) is 2.14. The molecule has 2 aromatic rings. The third-order valence-corrected chi connectivity index (χ3v) is 3.00. The Balaban J connectivity index is 2.13. The van der Waals surface area contributed by atoms with Gasteiger partial charge in [-0.1, -0.05) is 6.92 Å². The molecule has 1 heterocycles. The third-order valence-electron chi connectivity index (χ3n) is 3.00. The lowest BCUT2D eigenvalue weighted by Gasteiger charge is -1.90. The van der Waals surface area contributed by atoms with Gasteiger partial charge in [-0.3, -0.25) is 0 Å². The van der Waals surface area contributed by atoms with Crippen molar-refractivity contribution in [2.45, 2.75) is 19.3 Å². The van der Waals surface area contributed by atoms with E-state index in [0.29, 0.717) is 22.9 Å². The van der Waals surface area contributed by atoms with Crippen LogP contribution in [0.1, 0.15) is 25.1 Å². The second-order valence-electron chi connectivity index (χ2n) is 4.22. The van der Waals surface area contributed by atoms with Gasteiger partial charge in [0, 0.05) is 18.1 Å². The summed E-state index contributed by atoms with van der Waals surface area (Å²) < 4.78 is 25.9. The number of nitrogens with zero attached hydrogens (tertiary/aromatic N) is 1. The molecule has 0 amide bonds. The van der Waals surface area contributed by atoms with Crippen molar-refractivity contribution in [2.75, 3.05) is 0 Å². The van der Waals surface area contributed by atoms with E-state index in [1.165, 1.54) is 0 Å². The van der Waals surface area contributed by atoms with Gasteiger partial charge in [0.25, 0.3) is 0 Å². The number of nitrogens with one attached hydrogen (secondary N) is 1. The highest BCUT2D eigenvalue weighted by molar-refractivity contribution is 5.75. The zero-order valence-corrected chi connectivity index (χ0v) is 8.22. The Labute approximate surface area is 85.3 Å². The van der Waals surface area contributed by atoms with Gasteiger partial charge < -0.3 is 4.98 Å². The van der Waals surface area contributed by atoms with Gasteiger partial charge in [-0.15, -0.1) is 0 Å². The topological polar surface area (TPSA) is 28.7 Å². The first kappa shape index (κ1) is 8.83. The van der Waals surface area contributed by atoms with Gasteiger partial charge in [-0.05, 0) is 12.3 Å². The molecule has 1 saturated carbocycles. The summed E-state index contributed by atoms with van der Waals surface area (Å²) >= 11 is 0. The van der Waals surface area contributed by atoms with Crippen LogP contribution in [0.5, 0.6) is 0 Å². The van der Waals surface area contributed by atoms with Crippen LogP contribution in [-0.2, 0) is 0 Å². The van der Waals surface area contributed by atoms with E-state index in [2.05, 4.69) is 16.9 Å². The van der Waals surface area contributed by atoms with Crippen LogP contribution in [0.3, 0.4) is 0 Å². The van der Waals surface area contributed by atoms with E-state index in [1.807, 2.05) is 0 Å². The van der Waals surface area contributed by atoms with E-state index < -0.39 is 11.6 Å². The summed E-state index contributed by atoms with van der Waals surface area (Å²) in [5.41, 5.74) is 1.08. The minimum atomic E-state index is -0.843. The molecule has 1 aliphatic rings. The van der Waals surface area contributed by atoms with Gasteiger partial charge in [-0.2, -0.15) is 0 Å². The Hall–Kier alpha value is -1.45. The van der Waals surface area contributed by atoms with Crippen LogP contribution in [0.2, 0.25) is 0 Å². The van der Waals surface area contributed by atoms with Crippen molar-refractivity contribution in [1.29, 1.82) is 0 Å². The van der Waals surface area contributed by atoms with Crippen LogP contribution in [0.15, 0.2) is 12.1 Å². The van der Waals surface area contributed by atoms with Gasteiger partial charge in [0.15, 0.2) is 11.6 Å². The lowest BCUT2D eigenvalue weighted by Crippen LogP contribution is -1.82. The zero-order valence-electron chi connectivity index (χ0n) is 8.22. The van der Waals surface area contributed by atoms with Crippen LogP contribution in [0.25, 0.3) is 11.0 Å². The van der Waals surface area contributed by atoms with Crippen LogP contribution >= 0.6 is 0 Å². The van der Waals surface area contributed by atoms with E-state index in [1.54, 1.807) is 0 Å². The van der Waals surface area contributed by atoms with Crippen molar-refractivity contribution in [1.82, 2.24) is 9.97 Å². The molecule has 1 aromatic carbocycles. The molecule has 2 unspecified atom stereocenters. The van der Waals surface area contributed by atoms with Crippen LogP contribution < -0.4 is 0 Å². The minimum absolute atomic E-state index is 0.434. The van der Waals surface area contributed by atoms with Gasteiger partial charge in [0.2, 0.25) is 0 Å². The van der Waals surface area contributed by atoms with Gasteiger partial charge >= 0.3 is 0 Å². The maximum Gasteiger partial charge on any atom is 0.161 e. The molecule has 3 rings (SSSR count). The summed E-state index contributed by atoms with van der Waals surface area (Å²) in [4.78, 5) is 7.30. The molecular formula is C11H10F2N2. The molecule has 0 radical (unpaired) electrons. The third kappa shape index (κ3) is 1.32. The van der Waals surface area contributed by atoms with Crippen LogP contribution in [0.4, 0.5) is 8.78 Å². The lowest BCUT2D eigenvalue weighted by molar-refractivity contribution is 0.510. The molecule has 15 heavy (non-hydrogen) atoms. The number of aromatic amines is 1. The van der Waals surface area contributed by atoms with Crippen molar-refractivity contribution in [3.05, 3.63) is 29.6 Å². The summed E-state index contributed by atoms with van der Waals surface area (Å²) in [6, 6.07) is 2.30. The molecule has 0 aliphatic heterocycles. The summed E-state index contributed by atoms with van der Waals surface area (Å²) in [7, 11) is 0. The van der Waals surface area contributed by atoms with E-state index in [4.69, 9.17) is 0 Å². The lowest BCUT2D eigenvalue weighted by atomic mass is 10.3. The highest BCUT2D eigenvalue weighted by atomic mass is 19.2. The zero-order chi connectivity index (χ0) is 10.6. The highest BCUT2D eigenvalue weighted by Crippen LogP contribution is 2.45. The second kappa shape index (κ2) is 2.78. The standard InChI is InChI=1S/C11H10F2N2/c1-5-2-6(5)11-14-9-3-7(12)8(13)4-10(9)15-11/h3-6H,2H2,1H3,(H,14,15). The Morgan fingerprint density at radius 3 is 2.67 bits per heavy atom. The van der Waals surface area contributed by atoms with E-state index in [-0.39, 0.29) is 0 Å². The number of hydrogen-bond donors (Lipinski definition) is 1. The van der Waals surface area contributed by atoms with Gasteiger partial charge in [0.05, 0.1) is 11.0 Å². The van der Waals surface area contributed by atoms with Crippen molar-refractivity contribution >= 4 is 11.0 Å². The fraction of sp³-hybridized carbons (Fsp3) is 0.364. The number of H-pyrrole nitrogens is 1. The smallest absolute Gasteiger partial charge is 0.161 e. The average Bonchev–Trinajstić information content (AvgIpc) is 2.76. The highest BCUT2D eigenvalue weighted by Gasteiger charge is 2.36. The maximum absolute atomic E-state index is 12.9. The van der Waals surface area contributed by atoms with Gasteiger partial charge in [-0.25, -0.2) is 13.8 Å². The van der Waals surface area contributed by atoms with E-state index in [0.717, 1.165) is 24.4 Å². The molecule has 1 N–H and O–H groups in total. The molecule has 2 atom stereocenters. The van der Waals surface area contributed by atoms with Crippen molar-refractivity contribution in [3.8, 4) is 0 Å². The maximum atomic E-state index is 12.9. The quantitative estimate of drug-likeness (QED) is 0.766.